The van der Waals surface area contributed by atoms with Crippen molar-refractivity contribution in [3.05, 3.63) is 53.6 Å². The molecule has 0 aliphatic carbocycles. The fraction of sp³-hybridized carbons (Fsp3) is 0.350. The molecular formula is C20H25NO5S. The van der Waals surface area contributed by atoms with Crippen LogP contribution in [-0.2, 0) is 9.84 Å². The minimum atomic E-state index is -3.37. The van der Waals surface area contributed by atoms with Crippen molar-refractivity contribution in [3.63, 3.8) is 0 Å². The lowest BCUT2D eigenvalue weighted by Gasteiger charge is -2.17. The quantitative estimate of drug-likeness (QED) is 0.746. The Morgan fingerprint density at radius 3 is 2.33 bits per heavy atom. The summed E-state index contributed by atoms with van der Waals surface area (Å²) >= 11 is 0. The highest BCUT2D eigenvalue weighted by atomic mass is 32.2. The summed E-state index contributed by atoms with van der Waals surface area (Å²) in [4.78, 5) is 12.6. The molecule has 6 nitrogen and oxygen atoms in total. The number of nitrogens with one attached hydrogen (secondary N) is 1. The van der Waals surface area contributed by atoms with E-state index in [0.717, 1.165) is 11.8 Å². The highest BCUT2D eigenvalue weighted by Gasteiger charge is 2.16. The van der Waals surface area contributed by atoms with Crippen molar-refractivity contribution in [2.24, 2.45) is 0 Å². The molecule has 0 spiro atoms. The molecule has 7 heteroatoms. The maximum Gasteiger partial charge on any atom is 0.251 e. The van der Waals surface area contributed by atoms with Crippen molar-refractivity contribution < 1.29 is 22.7 Å². The molecule has 0 saturated carbocycles. The Morgan fingerprint density at radius 2 is 1.70 bits per heavy atom. The van der Waals surface area contributed by atoms with Crippen molar-refractivity contribution in [1.82, 2.24) is 5.32 Å². The molecular weight excluding hydrogens is 366 g/mol. The van der Waals surface area contributed by atoms with Gasteiger partial charge in [0.15, 0.2) is 21.3 Å². The largest absolute Gasteiger partial charge is 0.490 e. The highest BCUT2D eigenvalue weighted by molar-refractivity contribution is 7.90. The number of carbonyl (C=O) groups is 1. The van der Waals surface area contributed by atoms with Gasteiger partial charge >= 0.3 is 0 Å². The first-order valence-electron chi connectivity index (χ1n) is 8.76. The number of benzene rings is 2. The summed E-state index contributed by atoms with van der Waals surface area (Å²) in [5.74, 6) is 0.930. The monoisotopic (exact) mass is 391 g/mol. The lowest BCUT2D eigenvalue weighted by atomic mass is 10.1. The zero-order chi connectivity index (χ0) is 20.0. The van der Waals surface area contributed by atoms with Crippen LogP contribution in [-0.4, -0.2) is 33.8 Å². The summed E-state index contributed by atoms with van der Waals surface area (Å²) in [6.45, 7) is 6.67. The molecule has 0 saturated heterocycles. The second-order valence-corrected chi connectivity index (χ2v) is 8.08. The Hall–Kier alpha value is -2.54. The molecule has 1 unspecified atom stereocenters. The molecule has 2 rings (SSSR count). The van der Waals surface area contributed by atoms with Crippen LogP contribution in [0.5, 0.6) is 11.5 Å². The molecule has 0 bridgehead atoms. The van der Waals surface area contributed by atoms with Crippen LogP contribution < -0.4 is 14.8 Å². The van der Waals surface area contributed by atoms with Crippen molar-refractivity contribution in [2.45, 2.75) is 31.7 Å². The SMILES string of the molecule is CCOc1ccc(C(C)NC(=O)c2cccc(S(C)(=O)=O)c2)cc1OCC. The Labute approximate surface area is 160 Å². The summed E-state index contributed by atoms with van der Waals surface area (Å²) in [6.07, 6.45) is 1.11. The van der Waals surface area contributed by atoms with Crippen molar-refractivity contribution >= 4 is 15.7 Å². The standard InChI is InChI=1S/C20H25NO5S/c1-5-25-18-11-10-15(13-19(18)26-6-2)14(3)21-20(22)16-8-7-9-17(12-16)27(4,23)24/h7-14H,5-6H2,1-4H3,(H,21,22). The van der Waals surface area contributed by atoms with Crippen LogP contribution in [0.2, 0.25) is 0 Å². The molecule has 1 amide bonds. The van der Waals surface area contributed by atoms with Crippen molar-refractivity contribution in [1.29, 1.82) is 0 Å². The third kappa shape index (κ3) is 5.47. The number of hydrogen-bond donors (Lipinski definition) is 1. The second kappa shape index (κ2) is 8.90. The van der Waals surface area contributed by atoms with Gasteiger partial charge in [0, 0.05) is 11.8 Å². The lowest BCUT2D eigenvalue weighted by Crippen LogP contribution is -2.26. The number of amides is 1. The third-order valence-electron chi connectivity index (χ3n) is 3.94. The van der Waals surface area contributed by atoms with Crippen LogP contribution >= 0.6 is 0 Å². The molecule has 0 radical (unpaired) electrons. The van der Waals surface area contributed by atoms with E-state index in [1.165, 1.54) is 12.1 Å². The zero-order valence-electron chi connectivity index (χ0n) is 16.0. The van der Waals surface area contributed by atoms with Crippen LogP contribution in [0.1, 0.15) is 42.7 Å². The van der Waals surface area contributed by atoms with Crippen LogP contribution in [0.25, 0.3) is 0 Å². The van der Waals surface area contributed by atoms with Gasteiger partial charge in [0.1, 0.15) is 0 Å². The molecule has 146 valence electrons. The maximum atomic E-state index is 12.5. The van der Waals surface area contributed by atoms with E-state index in [2.05, 4.69) is 5.32 Å². The summed E-state index contributed by atoms with van der Waals surface area (Å²) in [5, 5.41) is 2.88. The van der Waals surface area contributed by atoms with Gasteiger partial charge in [0.2, 0.25) is 0 Å². The van der Waals surface area contributed by atoms with Gasteiger partial charge in [-0.1, -0.05) is 12.1 Å². The first-order chi connectivity index (χ1) is 12.8. The Kier molecular flexibility index (Phi) is 6.85. The summed E-state index contributed by atoms with van der Waals surface area (Å²) < 4.78 is 34.5. The number of hydrogen-bond acceptors (Lipinski definition) is 5. The molecule has 0 aliphatic rings. The van der Waals surface area contributed by atoms with Gasteiger partial charge in [-0.25, -0.2) is 8.42 Å². The highest BCUT2D eigenvalue weighted by Crippen LogP contribution is 2.30. The van der Waals surface area contributed by atoms with Gasteiger partial charge in [-0.2, -0.15) is 0 Å². The van der Waals surface area contributed by atoms with E-state index in [1.54, 1.807) is 12.1 Å². The van der Waals surface area contributed by atoms with Crippen LogP contribution in [0, 0.1) is 0 Å². The van der Waals surface area contributed by atoms with Crippen molar-refractivity contribution in [2.75, 3.05) is 19.5 Å². The van der Waals surface area contributed by atoms with Crippen molar-refractivity contribution in [3.8, 4) is 11.5 Å². The fourth-order valence-corrected chi connectivity index (χ4v) is 3.24. The summed E-state index contributed by atoms with van der Waals surface area (Å²) in [5.41, 5.74) is 1.15. The molecule has 0 aromatic heterocycles. The van der Waals surface area contributed by atoms with Gasteiger partial charge in [0.05, 0.1) is 24.2 Å². The van der Waals surface area contributed by atoms with Crippen LogP contribution in [0.15, 0.2) is 47.4 Å². The average Bonchev–Trinajstić information content (AvgIpc) is 2.63. The van der Waals surface area contributed by atoms with E-state index in [9.17, 15) is 13.2 Å². The van der Waals surface area contributed by atoms with Crippen LogP contribution in [0.3, 0.4) is 0 Å². The Morgan fingerprint density at radius 1 is 1.04 bits per heavy atom. The van der Waals surface area contributed by atoms with E-state index in [0.29, 0.717) is 30.3 Å². The maximum absolute atomic E-state index is 12.5. The summed E-state index contributed by atoms with van der Waals surface area (Å²) in [7, 11) is -3.37. The molecule has 0 aliphatic heterocycles. The normalized spacial score (nSPS) is 12.3. The number of carbonyl (C=O) groups excluding carboxylic acids is 1. The van der Waals surface area contributed by atoms with E-state index in [4.69, 9.17) is 9.47 Å². The Balaban J connectivity index is 2.20. The molecule has 27 heavy (non-hydrogen) atoms. The van der Waals surface area contributed by atoms with E-state index in [-0.39, 0.29) is 16.8 Å². The van der Waals surface area contributed by atoms with Crippen LogP contribution in [0.4, 0.5) is 0 Å². The van der Waals surface area contributed by atoms with Gasteiger partial charge in [0.25, 0.3) is 5.91 Å². The third-order valence-corrected chi connectivity index (χ3v) is 5.05. The summed E-state index contributed by atoms with van der Waals surface area (Å²) in [6, 6.07) is 11.2. The first kappa shape index (κ1) is 20.8. The van der Waals surface area contributed by atoms with Gasteiger partial charge in [-0.3, -0.25) is 4.79 Å². The molecule has 1 atom stereocenters. The van der Waals surface area contributed by atoms with E-state index >= 15 is 0 Å². The molecule has 0 fully saturated rings. The smallest absolute Gasteiger partial charge is 0.251 e. The molecule has 1 N–H and O–H groups in total. The predicted octanol–water partition coefficient (Wildman–Crippen LogP) is 3.38. The molecule has 2 aromatic rings. The number of rotatable bonds is 8. The molecule has 0 heterocycles. The van der Waals surface area contributed by atoms with Gasteiger partial charge < -0.3 is 14.8 Å². The zero-order valence-corrected chi connectivity index (χ0v) is 16.8. The topological polar surface area (TPSA) is 81.7 Å². The minimum Gasteiger partial charge on any atom is -0.490 e. The number of sulfone groups is 1. The average molecular weight is 391 g/mol. The lowest BCUT2D eigenvalue weighted by molar-refractivity contribution is 0.0939. The van der Waals surface area contributed by atoms with E-state index < -0.39 is 9.84 Å². The first-order valence-corrected chi connectivity index (χ1v) is 10.7. The minimum absolute atomic E-state index is 0.113. The van der Waals surface area contributed by atoms with Gasteiger partial charge in [-0.05, 0) is 56.7 Å². The number of ether oxygens (including phenoxy) is 2. The second-order valence-electron chi connectivity index (χ2n) is 6.07. The van der Waals surface area contributed by atoms with E-state index in [1.807, 2.05) is 39.0 Å². The fourth-order valence-electron chi connectivity index (χ4n) is 2.57. The Bertz CT molecular complexity index is 908. The molecule has 2 aromatic carbocycles. The predicted molar refractivity (Wildman–Crippen MR) is 104 cm³/mol. The van der Waals surface area contributed by atoms with Gasteiger partial charge in [-0.15, -0.1) is 0 Å².